The molecule has 1 aromatic rings. The Labute approximate surface area is 147 Å². The summed E-state index contributed by atoms with van der Waals surface area (Å²) in [7, 11) is -3.29. The summed E-state index contributed by atoms with van der Waals surface area (Å²) >= 11 is 0. The summed E-state index contributed by atoms with van der Waals surface area (Å²) in [6.07, 6.45) is 2.57. The number of rotatable bonds is 10. The van der Waals surface area contributed by atoms with E-state index in [2.05, 4.69) is 5.32 Å². The van der Waals surface area contributed by atoms with E-state index in [9.17, 15) is 18.0 Å². The lowest BCUT2D eigenvalue weighted by Crippen LogP contribution is -2.41. The molecule has 0 heterocycles. The summed E-state index contributed by atoms with van der Waals surface area (Å²) in [6, 6.07) is 5.79. The highest BCUT2D eigenvalue weighted by Crippen LogP contribution is 2.13. The van der Waals surface area contributed by atoms with Crippen LogP contribution in [0.5, 0.6) is 5.75 Å². The van der Waals surface area contributed by atoms with E-state index in [1.54, 1.807) is 24.3 Å². The zero-order valence-corrected chi connectivity index (χ0v) is 15.1. The lowest BCUT2D eigenvalue weighted by Gasteiger charge is -2.13. The highest BCUT2D eigenvalue weighted by Gasteiger charge is 2.21. The molecule has 1 unspecified atom stereocenters. The highest BCUT2D eigenvalue weighted by atomic mass is 32.2. The van der Waals surface area contributed by atoms with Crippen molar-refractivity contribution in [2.24, 2.45) is 0 Å². The molecule has 0 aromatic heterocycles. The molecule has 1 amide bonds. The molecule has 0 radical (unpaired) electrons. The lowest BCUT2D eigenvalue weighted by atomic mass is 10.2. The second kappa shape index (κ2) is 9.83. The zero-order valence-electron chi connectivity index (χ0n) is 14.3. The van der Waals surface area contributed by atoms with Gasteiger partial charge in [0, 0.05) is 11.8 Å². The molecule has 8 heteroatoms. The Morgan fingerprint density at radius 1 is 1.24 bits per heavy atom. The van der Waals surface area contributed by atoms with Gasteiger partial charge in [0.05, 0.1) is 12.4 Å². The first-order valence-electron chi connectivity index (χ1n) is 7.92. The van der Waals surface area contributed by atoms with Crippen molar-refractivity contribution < 1.29 is 27.9 Å². The van der Waals surface area contributed by atoms with Crippen molar-refractivity contribution in [3.05, 3.63) is 35.9 Å². The maximum atomic E-state index is 11.9. The highest BCUT2D eigenvalue weighted by molar-refractivity contribution is 7.91. The average Bonchev–Trinajstić information content (AvgIpc) is 2.58. The third-order valence-electron chi connectivity index (χ3n) is 3.39. The van der Waals surface area contributed by atoms with Crippen molar-refractivity contribution in [2.45, 2.75) is 26.3 Å². The van der Waals surface area contributed by atoms with Gasteiger partial charge in [0.15, 0.2) is 0 Å². The molecule has 0 fully saturated rings. The van der Waals surface area contributed by atoms with E-state index in [0.717, 1.165) is 5.56 Å². The molecular weight excluding hydrogens is 346 g/mol. The van der Waals surface area contributed by atoms with Gasteiger partial charge in [0.25, 0.3) is 0 Å². The number of carboxylic acids is 1. The quantitative estimate of drug-likeness (QED) is 0.605. The van der Waals surface area contributed by atoms with E-state index in [0.29, 0.717) is 12.4 Å². The van der Waals surface area contributed by atoms with Gasteiger partial charge in [-0.3, -0.25) is 4.79 Å². The minimum absolute atomic E-state index is 0.0646. The Bertz CT molecular complexity index is 709. The predicted octanol–water partition coefficient (Wildman–Crippen LogP) is 1.49. The Morgan fingerprint density at radius 2 is 1.88 bits per heavy atom. The Hall–Kier alpha value is -2.35. The first-order chi connectivity index (χ1) is 11.8. The molecule has 0 saturated heterocycles. The monoisotopic (exact) mass is 369 g/mol. The Morgan fingerprint density at radius 3 is 2.40 bits per heavy atom. The number of aliphatic carboxylic acids is 1. The van der Waals surface area contributed by atoms with Crippen LogP contribution in [0.1, 0.15) is 25.8 Å². The molecule has 1 aromatic carbocycles. The number of carbonyl (C=O) groups is 2. The summed E-state index contributed by atoms with van der Waals surface area (Å²) in [4.78, 5) is 23.0. The van der Waals surface area contributed by atoms with Gasteiger partial charge in [-0.2, -0.15) is 0 Å². The van der Waals surface area contributed by atoms with Crippen molar-refractivity contribution in [1.29, 1.82) is 0 Å². The maximum absolute atomic E-state index is 11.9. The van der Waals surface area contributed by atoms with Crippen LogP contribution in [0, 0.1) is 0 Å². The molecule has 0 aliphatic rings. The van der Waals surface area contributed by atoms with Crippen molar-refractivity contribution in [3.63, 3.8) is 0 Å². The fourth-order valence-corrected chi connectivity index (χ4v) is 2.82. The van der Waals surface area contributed by atoms with Crippen LogP contribution in [0.4, 0.5) is 0 Å². The zero-order chi connectivity index (χ0) is 18.9. The van der Waals surface area contributed by atoms with Gasteiger partial charge in [-0.15, -0.1) is 0 Å². The molecule has 1 rings (SSSR count). The summed E-state index contributed by atoms with van der Waals surface area (Å²) in [5, 5.41) is 11.4. The van der Waals surface area contributed by atoms with Gasteiger partial charge >= 0.3 is 5.97 Å². The normalized spacial score (nSPS) is 12.7. The number of carboxylic acid groups (broad SMARTS) is 1. The van der Waals surface area contributed by atoms with Gasteiger partial charge in [0.1, 0.15) is 21.6 Å². The molecule has 138 valence electrons. The van der Waals surface area contributed by atoms with E-state index in [4.69, 9.17) is 9.84 Å². The molecular formula is C17H23NO6S. The van der Waals surface area contributed by atoms with E-state index in [1.807, 2.05) is 6.92 Å². The minimum Gasteiger partial charge on any atom is -0.494 e. The van der Waals surface area contributed by atoms with Crippen molar-refractivity contribution in [3.8, 4) is 5.75 Å². The fourth-order valence-electron chi connectivity index (χ4n) is 1.93. The minimum atomic E-state index is -3.29. The molecule has 0 spiro atoms. The number of nitrogens with one attached hydrogen (secondary N) is 1. The molecule has 7 nitrogen and oxygen atoms in total. The number of amides is 1. The molecule has 0 saturated carbocycles. The molecule has 1 atom stereocenters. The van der Waals surface area contributed by atoms with E-state index in [-0.39, 0.29) is 17.9 Å². The van der Waals surface area contributed by atoms with Gasteiger partial charge < -0.3 is 15.2 Å². The van der Waals surface area contributed by atoms with Gasteiger partial charge in [-0.1, -0.05) is 19.1 Å². The summed E-state index contributed by atoms with van der Waals surface area (Å²) < 4.78 is 28.2. The van der Waals surface area contributed by atoms with Crippen LogP contribution in [0.2, 0.25) is 0 Å². The largest absolute Gasteiger partial charge is 0.494 e. The van der Waals surface area contributed by atoms with Crippen molar-refractivity contribution in [2.75, 3.05) is 18.1 Å². The van der Waals surface area contributed by atoms with Crippen LogP contribution in [0.15, 0.2) is 30.3 Å². The summed E-state index contributed by atoms with van der Waals surface area (Å²) in [5.74, 6) is -1.51. The summed E-state index contributed by atoms with van der Waals surface area (Å²) in [5.41, 5.74) is 0.749. The Kier molecular flexibility index (Phi) is 8.13. The second-order valence-corrected chi connectivity index (χ2v) is 7.73. The number of hydrogen-bond acceptors (Lipinski definition) is 5. The van der Waals surface area contributed by atoms with Gasteiger partial charge in [-0.25, -0.2) is 13.2 Å². The Balaban J connectivity index is 2.63. The van der Waals surface area contributed by atoms with Gasteiger partial charge in [0.2, 0.25) is 5.91 Å². The van der Waals surface area contributed by atoms with E-state index >= 15 is 0 Å². The average molecular weight is 369 g/mol. The number of benzene rings is 1. The van der Waals surface area contributed by atoms with Crippen LogP contribution in [-0.4, -0.2) is 49.6 Å². The lowest BCUT2D eigenvalue weighted by molar-refractivity contribution is -0.141. The molecule has 0 bridgehead atoms. The first kappa shape index (κ1) is 20.7. The second-order valence-electron chi connectivity index (χ2n) is 5.26. The van der Waals surface area contributed by atoms with Gasteiger partial charge in [-0.05, 0) is 37.1 Å². The molecule has 0 aliphatic carbocycles. The third-order valence-corrected chi connectivity index (χ3v) is 5.13. The van der Waals surface area contributed by atoms with Crippen LogP contribution < -0.4 is 10.1 Å². The maximum Gasteiger partial charge on any atom is 0.326 e. The topological polar surface area (TPSA) is 110 Å². The van der Waals surface area contributed by atoms with Crippen molar-refractivity contribution in [1.82, 2.24) is 5.32 Å². The fraction of sp³-hybridized carbons (Fsp3) is 0.412. The molecule has 25 heavy (non-hydrogen) atoms. The number of hydrogen-bond donors (Lipinski definition) is 2. The van der Waals surface area contributed by atoms with Crippen LogP contribution >= 0.6 is 0 Å². The smallest absolute Gasteiger partial charge is 0.326 e. The number of carbonyl (C=O) groups excluding carboxylic acids is 1. The van der Waals surface area contributed by atoms with Crippen LogP contribution in [0.3, 0.4) is 0 Å². The van der Waals surface area contributed by atoms with Crippen LogP contribution in [0.25, 0.3) is 6.08 Å². The van der Waals surface area contributed by atoms with Crippen LogP contribution in [-0.2, 0) is 19.4 Å². The SMILES string of the molecule is CCOc1ccc(/C=C/C(=O)NC(CCS(=O)(=O)CC)C(=O)O)cc1. The molecule has 2 N–H and O–H groups in total. The predicted molar refractivity (Wildman–Crippen MR) is 95.2 cm³/mol. The summed E-state index contributed by atoms with van der Waals surface area (Å²) in [6.45, 7) is 3.92. The van der Waals surface area contributed by atoms with Crippen molar-refractivity contribution >= 4 is 27.8 Å². The van der Waals surface area contributed by atoms with E-state index in [1.165, 1.54) is 19.1 Å². The first-order valence-corrected chi connectivity index (χ1v) is 9.74. The standard InChI is InChI=1S/C17H23NO6S/c1-3-24-14-8-5-13(6-9-14)7-10-16(19)18-15(17(20)21)11-12-25(22,23)4-2/h5-10,15H,3-4,11-12H2,1-2H3,(H,18,19)(H,20,21)/b10-7+. The third kappa shape index (κ3) is 7.84. The molecule has 0 aliphatic heterocycles. The number of sulfone groups is 1. The van der Waals surface area contributed by atoms with E-state index < -0.39 is 27.8 Å². The number of ether oxygens (including phenoxy) is 1.